The van der Waals surface area contributed by atoms with Crippen molar-refractivity contribution in [2.75, 3.05) is 10.0 Å². The number of sulfonamides is 1. The van der Waals surface area contributed by atoms with Crippen LogP contribution in [0.4, 0.5) is 11.5 Å². The van der Waals surface area contributed by atoms with Crippen molar-refractivity contribution in [3.05, 3.63) is 71.4 Å². The zero-order chi connectivity index (χ0) is 20.1. The standard InChI is InChI=1S/C19H16ClN3O4S/c1-13-18(10-11-21-19(13)22-12-24)27-16-6-4-15(5-7-16)23-28(25,26)17-8-2-14(20)3-9-17/h2-12,23H,1H3,(H,21,22,24). The fourth-order valence-electron chi connectivity index (χ4n) is 2.38. The van der Waals surface area contributed by atoms with Crippen LogP contribution in [0.25, 0.3) is 0 Å². The number of hydrogen-bond donors (Lipinski definition) is 2. The molecule has 1 heterocycles. The Bertz CT molecular complexity index is 1090. The third kappa shape index (κ3) is 4.59. The van der Waals surface area contributed by atoms with Gasteiger partial charge in [0.1, 0.15) is 17.3 Å². The van der Waals surface area contributed by atoms with Crippen molar-refractivity contribution in [1.82, 2.24) is 4.98 Å². The fourth-order valence-corrected chi connectivity index (χ4v) is 3.56. The van der Waals surface area contributed by atoms with E-state index in [2.05, 4.69) is 15.0 Å². The molecule has 0 fully saturated rings. The van der Waals surface area contributed by atoms with E-state index in [4.69, 9.17) is 16.3 Å². The smallest absolute Gasteiger partial charge is 0.261 e. The minimum Gasteiger partial charge on any atom is -0.457 e. The minimum atomic E-state index is -3.72. The van der Waals surface area contributed by atoms with Crippen LogP contribution in [0.15, 0.2) is 65.7 Å². The van der Waals surface area contributed by atoms with Crippen LogP contribution in [-0.4, -0.2) is 19.8 Å². The van der Waals surface area contributed by atoms with Crippen molar-refractivity contribution in [1.29, 1.82) is 0 Å². The van der Waals surface area contributed by atoms with Crippen molar-refractivity contribution >= 4 is 39.5 Å². The summed E-state index contributed by atoms with van der Waals surface area (Å²) in [7, 11) is -3.72. The normalized spacial score (nSPS) is 10.9. The van der Waals surface area contributed by atoms with Gasteiger partial charge in [-0.1, -0.05) is 11.6 Å². The molecule has 0 unspecified atom stereocenters. The molecule has 0 spiro atoms. The van der Waals surface area contributed by atoms with Gasteiger partial charge >= 0.3 is 0 Å². The summed E-state index contributed by atoms with van der Waals surface area (Å²) in [6.45, 7) is 1.77. The van der Waals surface area contributed by atoms with Crippen molar-refractivity contribution in [3.63, 3.8) is 0 Å². The third-order valence-corrected chi connectivity index (χ3v) is 5.46. The maximum absolute atomic E-state index is 12.4. The van der Waals surface area contributed by atoms with Gasteiger partial charge in [-0.25, -0.2) is 13.4 Å². The first-order valence-electron chi connectivity index (χ1n) is 8.11. The van der Waals surface area contributed by atoms with Gasteiger partial charge in [-0.05, 0) is 61.5 Å². The van der Waals surface area contributed by atoms with E-state index in [1.165, 1.54) is 30.5 Å². The second kappa shape index (κ2) is 8.28. The van der Waals surface area contributed by atoms with Gasteiger partial charge in [0.2, 0.25) is 6.41 Å². The van der Waals surface area contributed by atoms with E-state index < -0.39 is 10.0 Å². The maximum Gasteiger partial charge on any atom is 0.261 e. The quantitative estimate of drug-likeness (QED) is 0.561. The Morgan fingerprint density at radius 1 is 1.04 bits per heavy atom. The molecular weight excluding hydrogens is 402 g/mol. The first-order chi connectivity index (χ1) is 13.4. The first kappa shape index (κ1) is 19.7. The lowest BCUT2D eigenvalue weighted by Gasteiger charge is -2.12. The Morgan fingerprint density at radius 3 is 2.36 bits per heavy atom. The molecule has 0 saturated heterocycles. The number of ether oxygens (including phenoxy) is 1. The Balaban J connectivity index is 1.74. The monoisotopic (exact) mass is 417 g/mol. The topological polar surface area (TPSA) is 97.4 Å². The molecule has 3 aromatic rings. The van der Waals surface area contributed by atoms with E-state index in [0.717, 1.165) is 0 Å². The van der Waals surface area contributed by atoms with Gasteiger partial charge in [0.15, 0.2) is 0 Å². The number of rotatable bonds is 7. The van der Waals surface area contributed by atoms with E-state index in [0.29, 0.717) is 40.0 Å². The summed E-state index contributed by atoms with van der Waals surface area (Å²) in [5, 5.41) is 2.96. The first-order valence-corrected chi connectivity index (χ1v) is 9.97. The molecule has 0 aliphatic heterocycles. The molecule has 144 valence electrons. The predicted molar refractivity (Wildman–Crippen MR) is 107 cm³/mol. The number of benzene rings is 2. The minimum absolute atomic E-state index is 0.111. The summed E-state index contributed by atoms with van der Waals surface area (Å²) in [4.78, 5) is 14.8. The van der Waals surface area contributed by atoms with Gasteiger partial charge < -0.3 is 10.1 Å². The largest absolute Gasteiger partial charge is 0.457 e. The highest BCUT2D eigenvalue weighted by Crippen LogP contribution is 2.29. The molecule has 1 amide bonds. The van der Waals surface area contributed by atoms with Gasteiger partial charge in [0.05, 0.1) is 4.90 Å². The third-order valence-electron chi connectivity index (χ3n) is 3.81. The van der Waals surface area contributed by atoms with Crippen LogP contribution in [0.1, 0.15) is 5.56 Å². The lowest BCUT2D eigenvalue weighted by molar-refractivity contribution is -0.105. The summed E-state index contributed by atoms with van der Waals surface area (Å²) in [5.74, 6) is 1.43. The number of hydrogen-bond acceptors (Lipinski definition) is 5. The lowest BCUT2D eigenvalue weighted by Crippen LogP contribution is -2.12. The average molecular weight is 418 g/mol. The summed E-state index contributed by atoms with van der Waals surface area (Å²) in [5.41, 5.74) is 1.05. The molecule has 0 aliphatic carbocycles. The molecule has 0 aliphatic rings. The lowest BCUT2D eigenvalue weighted by atomic mass is 10.2. The summed E-state index contributed by atoms with van der Waals surface area (Å²) in [6, 6.07) is 14.0. The van der Waals surface area contributed by atoms with Crippen LogP contribution >= 0.6 is 11.6 Å². The number of halogens is 1. The number of amides is 1. The van der Waals surface area contributed by atoms with Gasteiger partial charge in [-0.15, -0.1) is 0 Å². The van der Waals surface area contributed by atoms with Crippen LogP contribution in [0, 0.1) is 6.92 Å². The van der Waals surface area contributed by atoms with Gasteiger partial charge in [0, 0.05) is 22.5 Å². The summed E-state index contributed by atoms with van der Waals surface area (Å²) in [6.07, 6.45) is 2.06. The van der Waals surface area contributed by atoms with E-state index in [1.54, 1.807) is 37.3 Å². The molecular formula is C19H16ClN3O4S. The molecule has 0 atom stereocenters. The zero-order valence-electron chi connectivity index (χ0n) is 14.7. The van der Waals surface area contributed by atoms with Crippen LogP contribution < -0.4 is 14.8 Å². The molecule has 3 rings (SSSR count). The number of pyridine rings is 1. The molecule has 9 heteroatoms. The Morgan fingerprint density at radius 2 is 1.71 bits per heavy atom. The summed E-state index contributed by atoms with van der Waals surface area (Å²) >= 11 is 5.79. The van der Waals surface area contributed by atoms with Crippen LogP contribution in [0.3, 0.4) is 0 Å². The van der Waals surface area contributed by atoms with Crippen LogP contribution in [-0.2, 0) is 14.8 Å². The fraction of sp³-hybridized carbons (Fsp3) is 0.0526. The van der Waals surface area contributed by atoms with Crippen molar-refractivity contribution in [2.24, 2.45) is 0 Å². The molecule has 28 heavy (non-hydrogen) atoms. The van der Waals surface area contributed by atoms with E-state index in [-0.39, 0.29) is 4.90 Å². The number of nitrogens with zero attached hydrogens (tertiary/aromatic N) is 1. The molecule has 7 nitrogen and oxygen atoms in total. The zero-order valence-corrected chi connectivity index (χ0v) is 16.3. The number of carbonyl (C=O) groups excluding carboxylic acids is 1. The Kier molecular flexibility index (Phi) is 5.81. The molecule has 0 bridgehead atoms. The molecule has 1 aromatic heterocycles. The van der Waals surface area contributed by atoms with Crippen molar-refractivity contribution in [3.8, 4) is 11.5 Å². The number of anilines is 2. The molecule has 0 radical (unpaired) electrons. The highest BCUT2D eigenvalue weighted by atomic mass is 35.5. The van der Waals surface area contributed by atoms with Crippen LogP contribution in [0.5, 0.6) is 11.5 Å². The molecule has 2 N–H and O–H groups in total. The highest BCUT2D eigenvalue weighted by Gasteiger charge is 2.14. The Hall–Kier alpha value is -3.10. The number of aromatic nitrogens is 1. The van der Waals surface area contributed by atoms with Crippen molar-refractivity contribution < 1.29 is 17.9 Å². The second-order valence-corrected chi connectivity index (χ2v) is 7.85. The predicted octanol–water partition coefficient (Wildman–Crippen LogP) is 4.20. The van der Waals surface area contributed by atoms with Gasteiger partial charge in [-0.3, -0.25) is 9.52 Å². The number of nitrogens with one attached hydrogen (secondary N) is 2. The highest BCUT2D eigenvalue weighted by molar-refractivity contribution is 7.92. The van der Waals surface area contributed by atoms with E-state index in [1.807, 2.05) is 0 Å². The van der Waals surface area contributed by atoms with E-state index >= 15 is 0 Å². The van der Waals surface area contributed by atoms with E-state index in [9.17, 15) is 13.2 Å². The summed E-state index contributed by atoms with van der Waals surface area (Å²) < 4.78 is 33.1. The number of carbonyl (C=O) groups is 1. The molecule has 0 saturated carbocycles. The maximum atomic E-state index is 12.4. The van der Waals surface area contributed by atoms with Gasteiger partial charge in [-0.2, -0.15) is 0 Å². The Labute approximate surface area is 167 Å². The van der Waals surface area contributed by atoms with Crippen molar-refractivity contribution in [2.45, 2.75) is 11.8 Å². The van der Waals surface area contributed by atoms with Crippen LogP contribution in [0.2, 0.25) is 5.02 Å². The second-order valence-electron chi connectivity index (χ2n) is 5.73. The van der Waals surface area contributed by atoms with Gasteiger partial charge in [0.25, 0.3) is 10.0 Å². The molecule has 2 aromatic carbocycles. The SMILES string of the molecule is Cc1c(Oc2ccc(NS(=O)(=O)c3ccc(Cl)cc3)cc2)ccnc1NC=O. The average Bonchev–Trinajstić information content (AvgIpc) is 2.67.